The first-order valence-electron chi connectivity index (χ1n) is 6.11. The van der Waals surface area contributed by atoms with Crippen molar-refractivity contribution in [1.82, 2.24) is 9.55 Å². The van der Waals surface area contributed by atoms with Crippen molar-refractivity contribution in [2.75, 3.05) is 12.8 Å². The van der Waals surface area contributed by atoms with E-state index in [0.29, 0.717) is 11.3 Å². The lowest BCUT2D eigenvalue weighted by molar-refractivity contribution is 0.0601. The molecule has 0 radical (unpaired) electrons. The van der Waals surface area contributed by atoms with E-state index < -0.39 is 5.97 Å². The molecule has 0 saturated carbocycles. The molecule has 0 spiro atoms. The van der Waals surface area contributed by atoms with Crippen molar-refractivity contribution >= 4 is 22.7 Å². The van der Waals surface area contributed by atoms with Gasteiger partial charge in [0.1, 0.15) is 6.33 Å². The molecule has 0 aliphatic rings. The number of benzene rings is 2. The zero-order valence-electron chi connectivity index (χ0n) is 10.9. The highest BCUT2D eigenvalue weighted by molar-refractivity contribution is 5.91. The number of carbonyl (C=O) groups is 1. The molecule has 100 valence electrons. The van der Waals surface area contributed by atoms with Gasteiger partial charge in [0.05, 0.1) is 35.1 Å². The highest BCUT2D eigenvalue weighted by Gasteiger charge is 2.11. The lowest BCUT2D eigenvalue weighted by atomic mass is 10.1. The van der Waals surface area contributed by atoms with Gasteiger partial charge in [0.25, 0.3) is 0 Å². The van der Waals surface area contributed by atoms with Gasteiger partial charge < -0.3 is 10.5 Å². The molecular weight excluding hydrogens is 254 g/mol. The fraction of sp³-hybridized carbons (Fsp3) is 0.0667. The van der Waals surface area contributed by atoms with Crippen LogP contribution in [0, 0.1) is 0 Å². The molecule has 0 aliphatic heterocycles. The summed E-state index contributed by atoms with van der Waals surface area (Å²) in [5, 5.41) is 0. The molecule has 3 rings (SSSR count). The molecule has 0 amide bonds. The van der Waals surface area contributed by atoms with Crippen molar-refractivity contribution < 1.29 is 9.53 Å². The average molecular weight is 267 g/mol. The molecule has 0 bridgehead atoms. The van der Waals surface area contributed by atoms with Gasteiger partial charge in [-0.25, -0.2) is 9.78 Å². The van der Waals surface area contributed by atoms with Crippen molar-refractivity contribution in [3.05, 3.63) is 54.4 Å². The normalized spacial score (nSPS) is 10.7. The molecule has 5 nitrogen and oxygen atoms in total. The first kappa shape index (κ1) is 12.2. The Labute approximate surface area is 115 Å². The smallest absolute Gasteiger partial charge is 0.337 e. The van der Waals surface area contributed by atoms with Gasteiger partial charge in [-0.1, -0.05) is 12.1 Å². The number of anilines is 1. The van der Waals surface area contributed by atoms with E-state index in [1.54, 1.807) is 24.5 Å². The van der Waals surface area contributed by atoms with E-state index in [1.807, 2.05) is 28.8 Å². The summed E-state index contributed by atoms with van der Waals surface area (Å²) in [7, 11) is 1.34. The summed E-state index contributed by atoms with van der Waals surface area (Å²) in [6.45, 7) is 0. The molecule has 3 aromatic rings. The Balaban J connectivity index is 2.13. The maximum absolute atomic E-state index is 11.5. The molecule has 1 aromatic heterocycles. The molecule has 2 N–H and O–H groups in total. The molecule has 0 atom stereocenters. The molecule has 2 aromatic carbocycles. The third-order valence-electron chi connectivity index (χ3n) is 3.16. The number of aromatic nitrogens is 2. The van der Waals surface area contributed by atoms with Crippen molar-refractivity contribution in [3.63, 3.8) is 0 Å². The van der Waals surface area contributed by atoms with Crippen LogP contribution < -0.4 is 5.73 Å². The molecule has 0 saturated heterocycles. The highest BCUT2D eigenvalue weighted by atomic mass is 16.5. The molecule has 20 heavy (non-hydrogen) atoms. The Morgan fingerprint density at radius 1 is 1.25 bits per heavy atom. The molecule has 5 heteroatoms. The molecule has 0 fully saturated rings. The van der Waals surface area contributed by atoms with Gasteiger partial charge in [0.2, 0.25) is 0 Å². The van der Waals surface area contributed by atoms with Gasteiger partial charge in [0, 0.05) is 0 Å². The number of esters is 1. The van der Waals surface area contributed by atoms with Gasteiger partial charge >= 0.3 is 5.97 Å². The Hall–Kier alpha value is -2.82. The van der Waals surface area contributed by atoms with Crippen molar-refractivity contribution in [3.8, 4) is 5.69 Å². The van der Waals surface area contributed by atoms with Gasteiger partial charge in [-0.2, -0.15) is 0 Å². The lowest BCUT2D eigenvalue weighted by Gasteiger charge is -2.09. The monoisotopic (exact) mass is 267 g/mol. The van der Waals surface area contributed by atoms with Crippen LogP contribution in [-0.4, -0.2) is 22.6 Å². The zero-order valence-corrected chi connectivity index (χ0v) is 10.9. The Kier molecular flexibility index (Phi) is 2.87. The quantitative estimate of drug-likeness (QED) is 0.571. The van der Waals surface area contributed by atoms with Gasteiger partial charge in [-0.05, 0) is 30.3 Å². The zero-order chi connectivity index (χ0) is 14.1. The number of fused-ring (bicyclic) bond motifs is 1. The van der Waals surface area contributed by atoms with Crippen molar-refractivity contribution in [1.29, 1.82) is 0 Å². The topological polar surface area (TPSA) is 70.1 Å². The second-order valence-corrected chi connectivity index (χ2v) is 4.37. The predicted octanol–water partition coefficient (Wildman–Crippen LogP) is 2.39. The largest absolute Gasteiger partial charge is 0.465 e. The van der Waals surface area contributed by atoms with E-state index in [1.165, 1.54) is 7.11 Å². The van der Waals surface area contributed by atoms with E-state index >= 15 is 0 Å². The lowest BCUT2D eigenvalue weighted by Crippen LogP contribution is -2.05. The summed E-state index contributed by atoms with van der Waals surface area (Å²) in [6.07, 6.45) is 1.72. The number of rotatable bonds is 2. The number of imidazole rings is 1. The maximum Gasteiger partial charge on any atom is 0.337 e. The molecule has 1 heterocycles. The summed E-state index contributed by atoms with van der Waals surface area (Å²) in [6, 6.07) is 12.9. The van der Waals surface area contributed by atoms with Gasteiger partial charge in [-0.15, -0.1) is 0 Å². The summed E-state index contributed by atoms with van der Waals surface area (Å²) in [5.74, 6) is -0.404. The van der Waals surface area contributed by atoms with E-state index in [4.69, 9.17) is 5.73 Å². The maximum atomic E-state index is 11.5. The molecule has 0 unspecified atom stereocenters. The predicted molar refractivity (Wildman–Crippen MR) is 76.8 cm³/mol. The van der Waals surface area contributed by atoms with Crippen LogP contribution in [0.15, 0.2) is 48.8 Å². The van der Waals surface area contributed by atoms with E-state index in [2.05, 4.69) is 9.72 Å². The van der Waals surface area contributed by atoms with Crippen LogP contribution in [-0.2, 0) is 4.74 Å². The van der Waals surface area contributed by atoms with Crippen LogP contribution in [0.25, 0.3) is 16.7 Å². The first-order valence-corrected chi connectivity index (χ1v) is 6.11. The highest BCUT2D eigenvalue weighted by Crippen LogP contribution is 2.23. The third-order valence-corrected chi connectivity index (χ3v) is 3.16. The van der Waals surface area contributed by atoms with E-state index in [0.717, 1.165) is 16.7 Å². The van der Waals surface area contributed by atoms with Gasteiger partial charge in [-0.3, -0.25) is 4.57 Å². The summed E-state index contributed by atoms with van der Waals surface area (Å²) < 4.78 is 6.57. The Morgan fingerprint density at radius 2 is 2.05 bits per heavy atom. The summed E-state index contributed by atoms with van der Waals surface area (Å²) in [4.78, 5) is 15.8. The summed E-state index contributed by atoms with van der Waals surface area (Å²) in [5.41, 5.74) is 9.60. The number of nitrogens with zero attached hydrogens (tertiary/aromatic N) is 2. The number of hydrogen-bond acceptors (Lipinski definition) is 4. The number of nitrogens with two attached hydrogens (primary N) is 1. The average Bonchev–Trinajstić information content (AvgIpc) is 2.90. The van der Waals surface area contributed by atoms with Crippen LogP contribution in [0.4, 0.5) is 5.69 Å². The Morgan fingerprint density at radius 3 is 2.80 bits per heavy atom. The minimum atomic E-state index is -0.404. The van der Waals surface area contributed by atoms with Crippen LogP contribution in [0.3, 0.4) is 0 Å². The fourth-order valence-corrected chi connectivity index (χ4v) is 2.17. The van der Waals surface area contributed by atoms with Gasteiger partial charge in [0.15, 0.2) is 0 Å². The number of nitrogen functional groups attached to an aromatic ring is 1. The minimum Gasteiger partial charge on any atom is -0.465 e. The number of para-hydroxylation sites is 2. The molecular formula is C15H13N3O2. The number of hydrogen-bond donors (Lipinski definition) is 1. The second kappa shape index (κ2) is 4.70. The fourth-order valence-electron chi connectivity index (χ4n) is 2.17. The van der Waals surface area contributed by atoms with Crippen molar-refractivity contribution in [2.45, 2.75) is 0 Å². The first-order chi connectivity index (χ1) is 9.70. The summed E-state index contributed by atoms with van der Waals surface area (Å²) >= 11 is 0. The number of carbonyl (C=O) groups excluding carboxylic acids is 1. The molecule has 0 aliphatic carbocycles. The van der Waals surface area contributed by atoms with E-state index in [-0.39, 0.29) is 0 Å². The van der Waals surface area contributed by atoms with Crippen molar-refractivity contribution in [2.24, 2.45) is 0 Å². The number of ether oxygens (including phenoxy) is 1. The van der Waals surface area contributed by atoms with Crippen LogP contribution in [0.5, 0.6) is 0 Å². The van der Waals surface area contributed by atoms with E-state index in [9.17, 15) is 4.79 Å². The third kappa shape index (κ3) is 1.89. The minimum absolute atomic E-state index is 0.404. The number of methoxy groups -OCH3 is 1. The van der Waals surface area contributed by atoms with Crippen LogP contribution in [0.2, 0.25) is 0 Å². The Bertz CT molecular complexity index is 793. The van der Waals surface area contributed by atoms with Crippen LogP contribution in [0.1, 0.15) is 10.4 Å². The van der Waals surface area contributed by atoms with Crippen LogP contribution >= 0.6 is 0 Å². The SMILES string of the molecule is COC(=O)c1ccc(-n2cnc3ccccc32)c(N)c1. The standard InChI is InChI=1S/C15H13N3O2/c1-20-15(19)10-6-7-13(11(16)8-10)18-9-17-12-4-2-3-5-14(12)18/h2-9H,16H2,1H3. The second-order valence-electron chi connectivity index (χ2n) is 4.37.